The molecule has 2 aromatic rings. The maximum absolute atomic E-state index is 14.7. The number of halogens is 2. The number of pyridine rings is 1. The lowest BCUT2D eigenvalue weighted by atomic mass is 10.1. The summed E-state index contributed by atoms with van der Waals surface area (Å²) in [7, 11) is 0. The fourth-order valence-electron chi connectivity index (χ4n) is 3.06. The van der Waals surface area contributed by atoms with Crippen LogP contribution in [0.5, 0.6) is 0 Å². The molecule has 0 bridgehead atoms. The van der Waals surface area contributed by atoms with Crippen molar-refractivity contribution < 1.29 is 9.13 Å². The number of anilines is 1. The molecule has 3 heterocycles. The fourth-order valence-corrected chi connectivity index (χ4v) is 3.60. The quantitative estimate of drug-likeness (QED) is 0.468. The standard InChI is InChI=1S/C16H18ClFN4OS/c1-24-16-20-13-10(12(9-3-4-9)19-14(17)11(13)18)15(21-16)22-5-2-7-23-8-6-22/h9H,2-8H2,1H3. The number of aromatic nitrogens is 3. The van der Waals surface area contributed by atoms with E-state index in [1.165, 1.54) is 11.8 Å². The highest BCUT2D eigenvalue weighted by atomic mass is 35.5. The number of nitrogens with zero attached hydrogens (tertiary/aromatic N) is 4. The predicted molar refractivity (Wildman–Crippen MR) is 93.7 cm³/mol. The Balaban J connectivity index is 1.97. The van der Waals surface area contributed by atoms with Crippen molar-refractivity contribution in [2.75, 3.05) is 37.5 Å². The minimum Gasteiger partial charge on any atom is -0.380 e. The molecule has 2 aliphatic rings. The molecule has 0 spiro atoms. The second kappa shape index (κ2) is 6.61. The van der Waals surface area contributed by atoms with Gasteiger partial charge >= 0.3 is 0 Å². The highest BCUT2D eigenvalue weighted by Crippen LogP contribution is 2.45. The second-order valence-electron chi connectivity index (χ2n) is 6.09. The third-order valence-electron chi connectivity index (χ3n) is 4.40. The van der Waals surface area contributed by atoms with E-state index in [4.69, 9.17) is 21.3 Å². The van der Waals surface area contributed by atoms with Gasteiger partial charge in [0.1, 0.15) is 11.3 Å². The van der Waals surface area contributed by atoms with Crippen LogP contribution in [-0.2, 0) is 4.74 Å². The second-order valence-corrected chi connectivity index (χ2v) is 7.22. The predicted octanol–water partition coefficient (Wildman–Crippen LogP) is 3.64. The molecule has 1 aliphatic heterocycles. The summed E-state index contributed by atoms with van der Waals surface area (Å²) in [6.07, 6.45) is 4.91. The van der Waals surface area contributed by atoms with Crippen molar-refractivity contribution in [2.24, 2.45) is 0 Å². The van der Waals surface area contributed by atoms with Gasteiger partial charge in [-0.1, -0.05) is 23.4 Å². The van der Waals surface area contributed by atoms with Crippen LogP contribution in [0.15, 0.2) is 5.16 Å². The normalized spacial score (nSPS) is 18.9. The van der Waals surface area contributed by atoms with E-state index in [2.05, 4.69) is 14.9 Å². The Hall–Kier alpha value is -1.18. The molecule has 8 heteroatoms. The number of ether oxygens (including phenoxy) is 1. The van der Waals surface area contributed by atoms with Crippen molar-refractivity contribution in [1.82, 2.24) is 15.0 Å². The lowest BCUT2D eigenvalue weighted by Gasteiger charge is -2.24. The van der Waals surface area contributed by atoms with Gasteiger partial charge in [-0.3, -0.25) is 0 Å². The van der Waals surface area contributed by atoms with Crippen LogP contribution in [0.3, 0.4) is 0 Å². The van der Waals surface area contributed by atoms with Gasteiger partial charge in [-0.25, -0.2) is 19.3 Å². The molecule has 128 valence electrons. The van der Waals surface area contributed by atoms with Crippen molar-refractivity contribution in [3.8, 4) is 0 Å². The summed E-state index contributed by atoms with van der Waals surface area (Å²) in [4.78, 5) is 15.6. The summed E-state index contributed by atoms with van der Waals surface area (Å²) in [5, 5.41) is 1.17. The SMILES string of the molecule is CSc1nc(N2CCCOCC2)c2c(C3CC3)nc(Cl)c(F)c2n1. The van der Waals surface area contributed by atoms with Gasteiger partial charge in [0.2, 0.25) is 0 Å². The first kappa shape index (κ1) is 16.3. The Morgan fingerprint density at radius 3 is 2.79 bits per heavy atom. The van der Waals surface area contributed by atoms with Gasteiger partial charge in [-0.15, -0.1) is 0 Å². The van der Waals surface area contributed by atoms with E-state index in [0.29, 0.717) is 17.7 Å². The molecule has 24 heavy (non-hydrogen) atoms. The van der Waals surface area contributed by atoms with E-state index < -0.39 is 5.82 Å². The highest BCUT2D eigenvalue weighted by molar-refractivity contribution is 7.98. The molecule has 1 aliphatic carbocycles. The van der Waals surface area contributed by atoms with Crippen LogP contribution in [-0.4, -0.2) is 47.5 Å². The zero-order chi connectivity index (χ0) is 16.7. The smallest absolute Gasteiger partial charge is 0.189 e. The molecule has 5 nitrogen and oxygen atoms in total. The first-order chi connectivity index (χ1) is 11.7. The molecular formula is C16H18ClFN4OS. The zero-order valence-electron chi connectivity index (χ0n) is 13.4. The molecule has 1 saturated heterocycles. The summed E-state index contributed by atoms with van der Waals surface area (Å²) in [6, 6.07) is 0. The number of rotatable bonds is 3. The molecule has 0 unspecified atom stereocenters. The molecule has 2 fully saturated rings. The van der Waals surface area contributed by atoms with Crippen molar-refractivity contribution in [1.29, 1.82) is 0 Å². The topological polar surface area (TPSA) is 51.1 Å². The number of hydrogen-bond acceptors (Lipinski definition) is 6. The Bertz CT molecular complexity index is 778. The number of thioether (sulfide) groups is 1. The van der Waals surface area contributed by atoms with E-state index in [-0.39, 0.29) is 10.7 Å². The Kier molecular flexibility index (Phi) is 4.49. The lowest BCUT2D eigenvalue weighted by molar-refractivity contribution is 0.152. The average Bonchev–Trinajstić information content (AvgIpc) is 3.44. The van der Waals surface area contributed by atoms with Gasteiger partial charge in [0.05, 0.1) is 17.7 Å². The Morgan fingerprint density at radius 1 is 1.21 bits per heavy atom. The average molecular weight is 369 g/mol. The van der Waals surface area contributed by atoms with Crippen LogP contribution < -0.4 is 4.90 Å². The molecule has 2 aromatic heterocycles. The van der Waals surface area contributed by atoms with E-state index in [1.807, 2.05) is 6.26 Å². The lowest BCUT2D eigenvalue weighted by Crippen LogP contribution is -2.27. The van der Waals surface area contributed by atoms with Crippen molar-refractivity contribution >= 4 is 40.1 Å². The largest absolute Gasteiger partial charge is 0.380 e. The summed E-state index contributed by atoms with van der Waals surface area (Å²) in [5.74, 6) is 0.539. The molecular weight excluding hydrogens is 351 g/mol. The van der Waals surface area contributed by atoms with Gasteiger partial charge in [0.15, 0.2) is 16.1 Å². The van der Waals surface area contributed by atoms with E-state index in [0.717, 1.165) is 55.9 Å². The number of fused-ring (bicyclic) bond motifs is 1. The van der Waals surface area contributed by atoms with Crippen LogP contribution in [0.4, 0.5) is 10.2 Å². The highest BCUT2D eigenvalue weighted by Gasteiger charge is 2.32. The first-order valence-corrected chi connectivity index (χ1v) is 9.72. The first-order valence-electron chi connectivity index (χ1n) is 8.12. The van der Waals surface area contributed by atoms with Gasteiger partial charge in [-0.2, -0.15) is 0 Å². The third-order valence-corrected chi connectivity index (χ3v) is 5.20. The zero-order valence-corrected chi connectivity index (χ0v) is 15.0. The summed E-state index contributed by atoms with van der Waals surface area (Å²) in [6.45, 7) is 2.94. The van der Waals surface area contributed by atoms with Gasteiger partial charge in [-0.05, 0) is 25.5 Å². The summed E-state index contributed by atoms with van der Waals surface area (Å²) < 4.78 is 20.2. The van der Waals surface area contributed by atoms with Crippen molar-refractivity contribution in [3.63, 3.8) is 0 Å². The maximum atomic E-state index is 14.7. The van der Waals surface area contributed by atoms with E-state index in [1.54, 1.807) is 0 Å². The van der Waals surface area contributed by atoms with Crippen molar-refractivity contribution in [2.45, 2.75) is 30.3 Å². The molecule has 1 saturated carbocycles. The maximum Gasteiger partial charge on any atom is 0.189 e. The Labute approximate surface area is 149 Å². The molecule has 0 amide bonds. The minimum atomic E-state index is -0.555. The molecule has 0 radical (unpaired) electrons. The van der Waals surface area contributed by atoms with Crippen LogP contribution in [0.1, 0.15) is 30.9 Å². The summed E-state index contributed by atoms with van der Waals surface area (Å²) in [5.41, 5.74) is 1.13. The minimum absolute atomic E-state index is 0.0969. The van der Waals surface area contributed by atoms with E-state index in [9.17, 15) is 4.39 Å². The molecule has 0 aromatic carbocycles. The molecule has 0 N–H and O–H groups in total. The van der Waals surface area contributed by atoms with Gasteiger partial charge in [0, 0.05) is 25.6 Å². The van der Waals surface area contributed by atoms with Gasteiger partial charge in [0.25, 0.3) is 0 Å². The van der Waals surface area contributed by atoms with Crippen LogP contribution in [0, 0.1) is 5.82 Å². The molecule has 0 atom stereocenters. The van der Waals surface area contributed by atoms with Crippen LogP contribution in [0.25, 0.3) is 10.9 Å². The van der Waals surface area contributed by atoms with E-state index >= 15 is 0 Å². The third kappa shape index (κ3) is 2.93. The number of hydrogen-bond donors (Lipinski definition) is 0. The Morgan fingerprint density at radius 2 is 2.04 bits per heavy atom. The van der Waals surface area contributed by atoms with Crippen LogP contribution in [0.2, 0.25) is 5.15 Å². The monoisotopic (exact) mass is 368 g/mol. The van der Waals surface area contributed by atoms with Gasteiger partial charge < -0.3 is 9.64 Å². The molecule has 4 rings (SSSR count). The fraction of sp³-hybridized carbons (Fsp3) is 0.562. The van der Waals surface area contributed by atoms with Crippen molar-refractivity contribution in [3.05, 3.63) is 16.7 Å². The summed E-state index contributed by atoms with van der Waals surface area (Å²) >= 11 is 7.44. The van der Waals surface area contributed by atoms with Crippen LogP contribution >= 0.6 is 23.4 Å².